The average Bonchev–Trinajstić information content (AvgIpc) is 3.26. The molecule has 2 aromatic carbocycles. The van der Waals surface area contributed by atoms with Crippen molar-refractivity contribution in [2.75, 3.05) is 18.5 Å². The van der Waals surface area contributed by atoms with E-state index in [1.54, 1.807) is 30.3 Å². The first kappa shape index (κ1) is 19.4. The van der Waals surface area contributed by atoms with Gasteiger partial charge in [0.15, 0.2) is 0 Å². The average molecular weight is 410 g/mol. The van der Waals surface area contributed by atoms with Crippen molar-refractivity contribution < 1.29 is 14.3 Å². The molecule has 0 saturated carbocycles. The molecular formula is C22H20ClN3O3. The quantitative estimate of drug-likeness (QED) is 0.623. The number of benzene rings is 2. The summed E-state index contributed by atoms with van der Waals surface area (Å²) >= 11 is 6.23. The lowest BCUT2D eigenvalue weighted by Gasteiger charge is -2.14. The van der Waals surface area contributed by atoms with Gasteiger partial charge in [-0.3, -0.25) is 9.59 Å². The molecule has 148 valence electrons. The van der Waals surface area contributed by atoms with E-state index in [1.165, 1.54) is 0 Å². The van der Waals surface area contributed by atoms with Crippen LogP contribution in [0, 0.1) is 0 Å². The van der Waals surface area contributed by atoms with Crippen LogP contribution in [0.3, 0.4) is 0 Å². The van der Waals surface area contributed by atoms with Crippen molar-refractivity contribution in [2.24, 2.45) is 0 Å². The zero-order valence-electron chi connectivity index (χ0n) is 15.7. The first-order chi connectivity index (χ1) is 14.1. The van der Waals surface area contributed by atoms with Crippen molar-refractivity contribution in [2.45, 2.75) is 18.9 Å². The number of anilines is 1. The smallest absolute Gasteiger partial charge is 0.274 e. The first-order valence-corrected chi connectivity index (χ1v) is 9.85. The molecule has 1 saturated heterocycles. The number of rotatable bonds is 5. The Bertz CT molecular complexity index is 1060. The van der Waals surface area contributed by atoms with E-state index in [2.05, 4.69) is 15.6 Å². The molecule has 0 spiro atoms. The van der Waals surface area contributed by atoms with E-state index in [1.807, 2.05) is 24.3 Å². The highest BCUT2D eigenvalue weighted by atomic mass is 35.5. The molecule has 7 heteroatoms. The number of aromatic nitrogens is 1. The standard InChI is InChI=1S/C22H20ClN3O3/c23-20-16-8-2-1-6-14(16)12-19(25-20)22(28)26-18-10-4-3-9-17(18)21(27)24-13-15-7-5-11-29-15/h1-4,6,8-10,12,15H,5,7,11,13H2,(H,24,27)(H,26,28)/t15-/m1/s1. The molecule has 2 heterocycles. The van der Waals surface area contributed by atoms with Crippen LogP contribution in [0.15, 0.2) is 54.6 Å². The van der Waals surface area contributed by atoms with E-state index in [0.717, 1.165) is 30.2 Å². The molecular weight excluding hydrogens is 390 g/mol. The van der Waals surface area contributed by atoms with E-state index >= 15 is 0 Å². The number of hydrogen-bond donors (Lipinski definition) is 2. The van der Waals surface area contributed by atoms with Crippen LogP contribution in [-0.4, -0.2) is 36.1 Å². The van der Waals surface area contributed by atoms with Gasteiger partial charge in [-0.1, -0.05) is 48.0 Å². The summed E-state index contributed by atoms with van der Waals surface area (Å²) in [6.45, 7) is 1.18. The summed E-state index contributed by atoms with van der Waals surface area (Å²) in [7, 11) is 0. The SMILES string of the molecule is O=C(Nc1ccccc1C(=O)NC[C@H]1CCCO1)c1cc2ccccc2c(Cl)n1. The largest absolute Gasteiger partial charge is 0.376 e. The molecule has 1 aromatic heterocycles. The van der Waals surface area contributed by atoms with Crippen molar-refractivity contribution in [1.29, 1.82) is 0 Å². The van der Waals surface area contributed by atoms with Gasteiger partial charge in [-0.05, 0) is 36.4 Å². The van der Waals surface area contributed by atoms with E-state index in [0.29, 0.717) is 17.8 Å². The molecule has 3 aromatic rings. The maximum Gasteiger partial charge on any atom is 0.274 e. The summed E-state index contributed by atoms with van der Waals surface area (Å²) < 4.78 is 5.53. The Balaban J connectivity index is 1.52. The Morgan fingerprint density at radius 2 is 1.90 bits per heavy atom. The van der Waals surface area contributed by atoms with Crippen LogP contribution in [0.1, 0.15) is 33.7 Å². The van der Waals surface area contributed by atoms with E-state index < -0.39 is 5.91 Å². The molecule has 0 radical (unpaired) electrons. The number of amides is 2. The highest BCUT2D eigenvalue weighted by Gasteiger charge is 2.19. The third kappa shape index (κ3) is 4.39. The molecule has 1 aliphatic rings. The number of pyridine rings is 1. The summed E-state index contributed by atoms with van der Waals surface area (Å²) in [6.07, 6.45) is 1.99. The number of ether oxygens (including phenoxy) is 1. The van der Waals surface area contributed by atoms with Crippen molar-refractivity contribution in [3.05, 3.63) is 71.0 Å². The molecule has 0 aliphatic carbocycles. The fourth-order valence-corrected chi connectivity index (χ4v) is 3.62. The van der Waals surface area contributed by atoms with Crippen LogP contribution in [-0.2, 0) is 4.74 Å². The van der Waals surface area contributed by atoms with Crippen LogP contribution >= 0.6 is 11.6 Å². The minimum Gasteiger partial charge on any atom is -0.376 e. The van der Waals surface area contributed by atoms with Crippen molar-refractivity contribution >= 4 is 39.9 Å². The van der Waals surface area contributed by atoms with Crippen LogP contribution in [0.4, 0.5) is 5.69 Å². The zero-order chi connectivity index (χ0) is 20.2. The number of fused-ring (bicyclic) bond motifs is 1. The monoisotopic (exact) mass is 409 g/mol. The Hall–Kier alpha value is -2.96. The molecule has 1 fully saturated rings. The Morgan fingerprint density at radius 1 is 1.10 bits per heavy atom. The number of nitrogens with one attached hydrogen (secondary N) is 2. The highest BCUT2D eigenvalue weighted by molar-refractivity contribution is 6.34. The summed E-state index contributed by atoms with van der Waals surface area (Å²) in [5.74, 6) is -0.696. The molecule has 1 atom stereocenters. The Kier molecular flexibility index (Phi) is 5.74. The third-order valence-corrected chi connectivity index (χ3v) is 5.15. The molecule has 4 rings (SSSR count). The van der Waals surface area contributed by atoms with Gasteiger partial charge in [0.05, 0.1) is 17.4 Å². The summed E-state index contributed by atoms with van der Waals surface area (Å²) in [5.41, 5.74) is 0.974. The van der Waals surface area contributed by atoms with E-state index in [-0.39, 0.29) is 22.9 Å². The molecule has 29 heavy (non-hydrogen) atoms. The van der Waals surface area contributed by atoms with Gasteiger partial charge in [-0.15, -0.1) is 0 Å². The number of nitrogens with zero attached hydrogens (tertiary/aromatic N) is 1. The molecule has 2 N–H and O–H groups in total. The van der Waals surface area contributed by atoms with Gasteiger partial charge in [-0.25, -0.2) is 4.98 Å². The van der Waals surface area contributed by atoms with Gasteiger partial charge in [0, 0.05) is 18.5 Å². The minimum atomic E-state index is -0.433. The van der Waals surface area contributed by atoms with Crippen LogP contribution in [0.2, 0.25) is 5.15 Å². The number of hydrogen-bond acceptors (Lipinski definition) is 4. The third-order valence-electron chi connectivity index (χ3n) is 4.86. The summed E-state index contributed by atoms with van der Waals surface area (Å²) in [5, 5.41) is 7.51. The first-order valence-electron chi connectivity index (χ1n) is 9.47. The fourth-order valence-electron chi connectivity index (χ4n) is 3.36. The molecule has 1 aliphatic heterocycles. The summed E-state index contributed by atoms with van der Waals surface area (Å²) in [6, 6.07) is 16.0. The normalized spacial score (nSPS) is 16.0. The minimum absolute atomic E-state index is 0.0460. The number of para-hydroxylation sites is 1. The van der Waals surface area contributed by atoms with Gasteiger partial charge in [0.25, 0.3) is 11.8 Å². The van der Waals surface area contributed by atoms with Crippen LogP contribution in [0.5, 0.6) is 0 Å². The van der Waals surface area contributed by atoms with E-state index in [4.69, 9.17) is 16.3 Å². The van der Waals surface area contributed by atoms with Crippen LogP contribution < -0.4 is 10.6 Å². The second-order valence-electron chi connectivity index (χ2n) is 6.86. The summed E-state index contributed by atoms with van der Waals surface area (Å²) in [4.78, 5) is 29.6. The predicted molar refractivity (Wildman–Crippen MR) is 112 cm³/mol. The van der Waals surface area contributed by atoms with Gasteiger partial charge in [-0.2, -0.15) is 0 Å². The molecule has 0 unspecified atom stereocenters. The highest BCUT2D eigenvalue weighted by Crippen LogP contribution is 2.23. The maximum absolute atomic E-state index is 12.8. The molecule has 0 bridgehead atoms. The number of carbonyl (C=O) groups is 2. The van der Waals surface area contributed by atoms with Crippen molar-refractivity contribution in [1.82, 2.24) is 10.3 Å². The Morgan fingerprint density at radius 3 is 2.72 bits per heavy atom. The van der Waals surface area contributed by atoms with Crippen molar-refractivity contribution in [3.63, 3.8) is 0 Å². The topological polar surface area (TPSA) is 80.3 Å². The number of carbonyl (C=O) groups excluding carboxylic acids is 2. The van der Waals surface area contributed by atoms with Crippen LogP contribution in [0.25, 0.3) is 10.8 Å². The lowest BCUT2D eigenvalue weighted by molar-refractivity contribution is 0.0858. The molecule has 2 amide bonds. The van der Waals surface area contributed by atoms with Gasteiger partial charge in [0.2, 0.25) is 0 Å². The van der Waals surface area contributed by atoms with E-state index in [9.17, 15) is 9.59 Å². The molecule has 6 nitrogen and oxygen atoms in total. The van der Waals surface area contributed by atoms with Gasteiger partial charge < -0.3 is 15.4 Å². The van der Waals surface area contributed by atoms with Gasteiger partial charge >= 0.3 is 0 Å². The second-order valence-corrected chi connectivity index (χ2v) is 7.22. The fraction of sp³-hybridized carbons (Fsp3) is 0.227. The maximum atomic E-state index is 12.8. The lowest BCUT2D eigenvalue weighted by atomic mass is 10.1. The lowest BCUT2D eigenvalue weighted by Crippen LogP contribution is -2.32. The Labute approximate surface area is 173 Å². The van der Waals surface area contributed by atoms with Crippen molar-refractivity contribution in [3.8, 4) is 0 Å². The number of halogens is 1. The van der Waals surface area contributed by atoms with Gasteiger partial charge in [0.1, 0.15) is 10.8 Å². The predicted octanol–water partition coefficient (Wildman–Crippen LogP) is 4.05. The zero-order valence-corrected chi connectivity index (χ0v) is 16.4. The second kappa shape index (κ2) is 8.59.